The Kier molecular flexibility index (Phi) is 5.94. The highest BCUT2D eigenvalue weighted by atomic mass is 32.2. The van der Waals surface area contributed by atoms with Crippen LogP contribution in [-0.4, -0.2) is 20.5 Å². The molecule has 0 atom stereocenters. The lowest BCUT2D eigenvalue weighted by Gasteiger charge is -2.07. The van der Waals surface area contributed by atoms with Gasteiger partial charge < -0.3 is 9.92 Å². The zero-order chi connectivity index (χ0) is 20.9. The van der Waals surface area contributed by atoms with Gasteiger partial charge in [0.15, 0.2) is 0 Å². The molecule has 7 nitrogen and oxygen atoms in total. The minimum Gasteiger partial charge on any atom is -0.399 e. The predicted molar refractivity (Wildman–Crippen MR) is 111 cm³/mol. The first-order valence-electron chi connectivity index (χ1n) is 8.64. The van der Waals surface area contributed by atoms with Crippen molar-refractivity contribution in [1.29, 1.82) is 0 Å². The molecule has 29 heavy (non-hydrogen) atoms. The molecule has 0 radical (unpaired) electrons. The second kappa shape index (κ2) is 8.57. The fraction of sp³-hybridized carbons (Fsp3) is 0.0476. The van der Waals surface area contributed by atoms with E-state index in [0.29, 0.717) is 16.8 Å². The second-order valence-corrected chi connectivity index (χ2v) is 7.79. The Morgan fingerprint density at radius 3 is 2.21 bits per heavy atom. The Bertz CT molecular complexity index is 1120. The van der Waals surface area contributed by atoms with Crippen molar-refractivity contribution in [1.82, 2.24) is 5.43 Å². The molecule has 8 heteroatoms. The number of rotatable bonds is 6. The van der Waals surface area contributed by atoms with Crippen molar-refractivity contribution in [3.05, 3.63) is 89.5 Å². The molecule has 1 amide bonds. The lowest BCUT2D eigenvalue weighted by Crippen LogP contribution is -2.17. The zero-order valence-corrected chi connectivity index (χ0v) is 16.4. The van der Waals surface area contributed by atoms with E-state index in [4.69, 9.17) is 9.92 Å². The van der Waals surface area contributed by atoms with Gasteiger partial charge in [0.05, 0.1) is 6.21 Å². The van der Waals surface area contributed by atoms with Gasteiger partial charge in [-0.2, -0.15) is 13.5 Å². The van der Waals surface area contributed by atoms with Crippen molar-refractivity contribution in [3.63, 3.8) is 0 Å². The Balaban J connectivity index is 1.61. The van der Waals surface area contributed by atoms with E-state index in [1.807, 2.05) is 6.92 Å². The summed E-state index contributed by atoms with van der Waals surface area (Å²) in [5.41, 5.74) is 10.6. The van der Waals surface area contributed by atoms with Gasteiger partial charge in [-0.15, -0.1) is 0 Å². The van der Waals surface area contributed by atoms with Crippen molar-refractivity contribution >= 4 is 27.9 Å². The van der Waals surface area contributed by atoms with Gasteiger partial charge in [-0.3, -0.25) is 4.79 Å². The number of hydrogen-bond acceptors (Lipinski definition) is 6. The van der Waals surface area contributed by atoms with Crippen LogP contribution in [0.2, 0.25) is 0 Å². The van der Waals surface area contributed by atoms with Gasteiger partial charge >= 0.3 is 10.1 Å². The van der Waals surface area contributed by atoms with Crippen molar-refractivity contribution in [2.75, 3.05) is 5.73 Å². The molecular formula is C21H19N3O4S. The maximum Gasteiger partial charge on any atom is 0.339 e. The Morgan fingerprint density at radius 1 is 0.966 bits per heavy atom. The lowest BCUT2D eigenvalue weighted by molar-refractivity contribution is 0.0955. The number of carbonyl (C=O) groups is 1. The zero-order valence-electron chi connectivity index (χ0n) is 15.6. The molecule has 0 aromatic heterocycles. The van der Waals surface area contributed by atoms with Crippen LogP contribution in [0.25, 0.3) is 0 Å². The molecule has 0 saturated heterocycles. The average Bonchev–Trinajstić information content (AvgIpc) is 2.70. The normalized spacial score (nSPS) is 11.3. The lowest BCUT2D eigenvalue weighted by atomic mass is 10.2. The molecule has 3 rings (SSSR count). The minimum atomic E-state index is -3.90. The summed E-state index contributed by atoms with van der Waals surface area (Å²) in [6, 6.07) is 19.1. The van der Waals surface area contributed by atoms with Crippen molar-refractivity contribution < 1.29 is 17.4 Å². The van der Waals surface area contributed by atoms with Crippen molar-refractivity contribution in [2.24, 2.45) is 5.10 Å². The number of nitrogens with two attached hydrogens (primary N) is 1. The first-order valence-corrected chi connectivity index (χ1v) is 10.0. The number of nitrogen functional groups attached to an aromatic ring is 1. The number of anilines is 1. The molecule has 3 aromatic carbocycles. The molecule has 0 aliphatic heterocycles. The molecule has 0 spiro atoms. The highest BCUT2D eigenvalue weighted by Gasteiger charge is 2.16. The molecule has 148 valence electrons. The molecule has 0 heterocycles. The summed E-state index contributed by atoms with van der Waals surface area (Å²) in [6.07, 6.45) is 1.44. The maximum absolute atomic E-state index is 12.3. The van der Waals surface area contributed by atoms with Crippen LogP contribution in [0.3, 0.4) is 0 Å². The second-order valence-electron chi connectivity index (χ2n) is 6.24. The minimum absolute atomic E-state index is 0.0825. The van der Waals surface area contributed by atoms with E-state index in [1.165, 1.54) is 30.5 Å². The van der Waals surface area contributed by atoms with Crippen LogP contribution >= 0.6 is 0 Å². The highest BCUT2D eigenvalue weighted by Crippen LogP contribution is 2.19. The van der Waals surface area contributed by atoms with Gasteiger partial charge in [-0.25, -0.2) is 5.43 Å². The average molecular weight is 409 g/mol. The number of nitrogens with zero attached hydrogens (tertiary/aromatic N) is 1. The van der Waals surface area contributed by atoms with E-state index in [9.17, 15) is 13.2 Å². The standard InChI is InChI=1S/C21H19N3O4S/c1-15-2-12-20(13-3-15)29(26,27)28-19-10-4-16(5-11-19)14-23-24-21(25)17-6-8-18(22)9-7-17/h2-14H,22H2,1H3,(H,24,25). The number of benzene rings is 3. The third-order valence-electron chi connectivity index (χ3n) is 3.95. The summed E-state index contributed by atoms with van der Waals surface area (Å²) >= 11 is 0. The Labute approximate surface area is 169 Å². The number of amides is 1. The molecule has 0 fully saturated rings. The number of hydrazone groups is 1. The van der Waals surface area contributed by atoms with Gasteiger partial charge in [0.25, 0.3) is 5.91 Å². The quantitative estimate of drug-likeness (QED) is 0.281. The molecule has 0 saturated carbocycles. The van der Waals surface area contributed by atoms with E-state index in [-0.39, 0.29) is 16.6 Å². The van der Waals surface area contributed by atoms with Crippen LogP contribution in [0.5, 0.6) is 5.75 Å². The SMILES string of the molecule is Cc1ccc(S(=O)(=O)Oc2ccc(C=NNC(=O)c3ccc(N)cc3)cc2)cc1. The first kappa shape index (κ1) is 20.1. The molecule has 3 aromatic rings. The molecule has 0 aliphatic rings. The molecule has 0 aliphatic carbocycles. The Morgan fingerprint density at radius 2 is 1.59 bits per heavy atom. The summed E-state index contributed by atoms with van der Waals surface area (Å²) in [5, 5.41) is 3.89. The number of carbonyl (C=O) groups excluding carboxylic acids is 1. The highest BCUT2D eigenvalue weighted by molar-refractivity contribution is 7.87. The molecular weight excluding hydrogens is 390 g/mol. The fourth-order valence-corrected chi connectivity index (χ4v) is 3.28. The van der Waals surface area contributed by atoms with Crippen LogP contribution in [0.1, 0.15) is 21.5 Å². The smallest absolute Gasteiger partial charge is 0.339 e. The third-order valence-corrected chi connectivity index (χ3v) is 5.21. The largest absolute Gasteiger partial charge is 0.399 e. The number of aryl methyl sites for hydroxylation is 1. The van der Waals surface area contributed by atoms with E-state index in [2.05, 4.69) is 10.5 Å². The fourth-order valence-electron chi connectivity index (χ4n) is 2.35. The van der Waals surface area contributed by atoms with Gasteiger partial charge in [-0.05, 0) is 73.2 Å². The van der Waals surface area contributed by atoms with Gasteiger partial charge in [-0.1, -0.05) is 17.7 Å². The topological polar surface area (TPSA) is 111 Å². The van der Waals surface area contributed by atoms with Crippen molar-refractivity contribution in [3.8, 4) is 5.75 Å². The first-order chi connectivity index (χ1) is 13.8. The van der Waals surface area contributed by atoms with Crippen LogP contribution in [0, 0.1) is 6.92 Å². The van der Waals surface area contributed by atoms with Crippen LogP contribution in [0.15, 0.2) is 82.8 Å². The van der Waals surface area contributed by atoms with E-state index in [1.54, 1.807) is 48.5 Å². The summed E-state index contributed by atoms with van der Waals surface area (Å²) < 4.78 is 29.7. The third kappa shape index (κ3) is 5.43. The number of hydrogen-bond donors (Lipinski definition) is 2. The summed E-state index contributed by atoms with van der Waals surface area (Å²) in [7, 11) is -3.90. The summed E-state index contributed by atoms with van der Waals surface area (Å²) in [5.74, 6) is -0.195. The predicted octanol–water partition coefficient (Wildman–Crippen LogP) is 3.11. The van der Waals surface area contributed by atoms with E-state index >= 15 is 0 Å². The molecule has 3 N–H and O–H groups in total. The van der Waals surface area contributed by atoms with Crippen LogP contribution in [-0.2, 0) is 10.1 Å². The monoisotopic (exact) mass is 409 g/mol. The van der Waals surface area contributed by atoms with Gasteiger partial charge in [0.1, 0.15) is 10.6 Å². The molecule has 0 unspecified atom stereocenters. The summed E-state index contributed by atoms with van der Waals surface area (Å²) in [4.78, 5) is 12.0. The Hall–Kier alpha value is -3.65. The van der Waals surface area contributed by atoms with E-state index < -0.39 is 10.1 Å². The van der Waals surface area contributed by atoms with E-state index in [0.717, 1.165) is 5.56 Å². The van der Waals surface area contributed by atoms with Crippen LogP contribution < -0.4 is 15.3 Å². The molecule has 0 bridgehead atoms. The number of nitrogens with one attached hydrogen (secondary N) is 1. The van der Waals surface area contributed by atoms with Crippen LogP contribution in [0.4, 0.5) is 5.69 Å². The van der Waals surface area contributed by atoms with Crippen molar-refractivity contribution in [2.45, 2.75) is 11.8 Å². The maximum atomic E-state index is 12.3. The van der Waals surface area contributed by atoms with Gasteiger partial charge in [0.2, 0.25) is 0 Å². The van der Waals surface area contributed by atoms with Gasteiger partial charge in [0, 0.05) is 11.3 Å². The summed E-state index contributed by atoms with van der Waals surface area (Å²) in [6.45, 7) is 1.87.